The highest BCUT2D eigenvalue weighted by Gasteiger charge is 2.39. The highest BCUT2D eigenvalue weighted by atomic mass is 32.2. The van der Waals surface area contributed by atoms with Crippen molar-refractivity contribution in [1.82, 2.24) is 14.9 Å². The molecule has 10 heteroatoms. The summed E-state index contributed by atoms with van der Waals surface area (Å²) in [6.45, 7) is 5.73. The van der Waals surface area contributed by atoms with E-state index in [2.05, 4.69) is 53.2 Å². The zero-order valence-corrected chi connectivity index (χ0v) is 35.1. The molecule has 5 unspecified atom stereocenters. The number of hydrogen-bond acceptors (Lipinski definition) is 7. The van der Waals surface area contributed by atoms with Crippen LogP contribution in [0.1, 0.15) is 58.3 Å². The van der Waals surface area contributed by atoms with Crippen LogP contribution >= 0.6 is 0 Å². The lowest BCUT2D eigenvalue weighted by molar-refractivity contribution is -0.276. The van der Waals surface area contributed by atoms with E-state index in [0.29, 0.717) is 6.54 Å². The van der Waals surface area contributed by atoms with Crippen LogP contribution in [0.2, 0.25) is 0 Å². The van der Waals surface area contributed by atoms with Gasteiger partial charge in [-0.15, -0.1) is 0 Å². The summed E-state index contributed by atoms with van der Waals surface area (Å²) in [5.41, 5.74) is 8.53. The molecule has 7 rings (SSSR count). The van der Waals surface area contributed by atoms with Crippen molar-refractivity contribution in [3.63, 3.8) is 0 Å². The van der Waals surface area contributed by atoms with Crippen molar-refractivity contribution in [1.29, 1.82) is 0 Å². The van der Waals surface area contributed by atoms with Crippen molar-refractivity contribution >= 4 is 15.9 Å². The van der Waals surface area contributed by atoms with E-state index >= 15 is 0 Å². The minimum Gasteiger partial charge on any atom is -0.392 e. The van der Waals surface area contributed by atoms with Crippen molar-refractivity contribution in [2.24, 2.45) is 5.92 Å². The summed E-state index contributed by atoms with van der Waals surface area (Å²) in [4.78, 5) is 16.2. The SMILES string of the molecule is Cc1ccc(S(=O)(=O)NC(Cc2ccccc2)C(=O)NCc2ccccc2-c2ccc(C3OC(CN(C)Cc4ccccc4)C(C)C(c4ccc(CO)cc4)O3)cc2)cc1. The van der Waals surface area contributed by atoms with Crippen LogP contribution in [0.3, 0.4) is 0 Å². The number of nitrogens with one attached hydrogen (secondary N) is 2. The first-order valence-electron chi connectivity index (χ1n) is 20.4. The molecule has 0 aliphatic carbocycles. The summed E-state index contributed by atoms with van der Waals surface area (Å²) in [6.07, 6.45) is -0.796. The number of ether oxygens (including phenoxy) is 2. The van der Waals surface area contributed by atoms with Crippen LogP contribution in [0.25, 0.3) is 11.1 Å². The topological polar surface area (TPSA) is 117 Å². The molecular weight excluding hydrogens is 771 g/mol. The number of carbonyl (C=O) groups is 1. The Balaban J connectivity index is 1.08. The molecule has 9 nitrogen and oxygen atoms in total. The van der Waals surface area contributed by atoms with Crippen LogP contribution in [-0.2, 0) is 50.4 Å². The number of aliphatic hydroxyl groups is 1. The van der Waals surface area contributed by atoms with Gasteiger partial charge in [0.25, 0.3) is 0 Å². The fourth-order valence-corrected chi connectivity index (χ4v) is 8.88. The molecule has 1 aliphatic heterocycles. The molecule has 1 saturated heterocycles. The van der Waals surface area contributed by atoms with Crippen LogP contribution in [0.5, 0.6) is 0 Å². The van der Waals surface area contributed by atoms with Gasteiger partial charge in [0.2, 0.25) is 15.9 Å². The Morgan fingerprint density at radius 3 is 2.02 bits per heavy atom. The van der Waals surface area contributed by atoms with Gasteiger partial charge in [0, 0.05) is 31.1 Å². The smallest absolute Gasteiger partial charge is 0.241 e. The van der Waals surface area contributed by atoms with Gasteiger partial charge in [-0.2, -0.15) is 4.72 Å². The molecule has 0 saturated carbocycles. The summed E-state index contributed by atoms with van der Waals surface area (Å²) >= 11 is 0. The summed E-state index contributed by atoms with van der Waals surface area (Å²) in [7, 11) is -1.87. The summed E-state index contributed by atoms with van der Waals surface area (Å²) < 4.78 is 43.1. The Kier molecular flexibility index (Phi) is 14.0. The molecule has 6 aromatic carbocycles. The Morgan fingerprint density at radius 1 is 0.733 bits per heavy atom. The van der Waals surface area contributed by atoms with E-state index in [0.717, 1.165) is 51.1 Å². The van der Waals surface area contributed by atoms with Gasteiger partial charge in [0.05, 0.1) is 23.7 Å². The molecule has 1 heterocycles. The number of aliphatic hydroxyl groups excluding tert-OH is 1. The number of likely N-dealkylation sites (N-methyl/N-ethyl adjacent to an activating group) is 1. The Morgan fingerprint density at radius 2 is 1.35 bits per heavy atom. The maximum absolute atomic E-state index is 13.8. The third kappa shape index (κ3) is 10.8. The second-order valence-corrected chi connectivity index (χ2v) is 17.4. The van der Waals surface area contributed by atoms with E-state index in [-0.39, 0.29) is 42.6 Å². The molecule has 0 bridgehead atoms. The molecule has 1 aliphatic rings. The second-order valence-electron chi connectivity index (χ2n) is 15.7. The summed E-state index contributed by atoms with van der Waals surface area (Å²) in [5.74, 6) is -0.379. The maximum Gasteiger partial charge on any atom is 0.241 e. The van der Waals surface area contributed by atoms with Gasteiger partial charge in [-0.3, -0.25) is 9.69 Å². The fraction of sp³-hybridized carbons (Fsp3) is 0.260. The lowest BCUT2D eigenvalue weighted by Crippen LogP contribution is -2.47. The van der Waals surface area contributed by atoms with Crippen molar-refractivity contribution in [2.45, 2.75) is 69.4 Å². The zero-order valence-electron chi connectivity index (χ0n) is 34.3. The number of hydrogen-bond donors (Lipinski definition) is 3. The van der Waals surface area contributed by atoms with Gasteiger partial charge in [0.1, 0.15) is 6.04 Å². The lowest BCUT2D eigenvalue weighted by Gasteiger charge is -2.42. The normalized spacial score (nSPS) is 18.6. The quantitative estimate of drug-likeness (QED) is 0.0900. The summed E-state index contributed by atoms with van der Waals surface area (Å²) in [6, 6.07) is 49.2. The average molecular weight is 824 g/mol. The molecule has 310 valence electrons. The average Bonchev–Trinajstić information content (AvgIpc) is 3.27. The van der Waals surface area contributed by atoms with Crippen molar-refractivity contribution in [2.75, 3.05) is 13.6 Å². The first kappa shape index (κ1) is 42.7. The van der Waals surface area contributed by atoms with Crippen LogP contribution < -0.4 is 10.0 Å². The van der Waals surface area contributed by atoms with Gasteiger partial charge in [-0.05, 0) is 71.5 Å². The highest BCUT2D eigenvalue weighted by molar-refractivity contribution is 7.89. The molecule has 1 amide bonds. The predicted molar refractivity (Wildman–Crippen MR) is 235 cm³/mol. The second kappa shape index (κ2) is 19.7. The first-order valence-corrected chi connectivity index (χ1v) is 21.9. The van der Waals surface area contributed by atoms with E-state index in [1.165, 1.54) is 5.56 Å². The summed E-state index contributed by atoms with van der Waals surface area (Å²) in [5, 5.41) is 12.7. The standard InChI is InChI=1S/C50H53N3O6S/c1-35-18-28-44(29-19-35)60(56,57)52-46(30-37-12-6-4-7-13-37)49(55)51-31-43-16-10-11-17-45(43)40-24-26-42(27-25-40)50-58-47(33-53(3)32-38-14-8-5-9-15-38)36(2)48(59-50)41-22-20-39(34-54)21-23-41/h4-29,36,46-48,50,52,54H,30-34H2,1-3H3,(H,51,55). The van der Waals surface area contributed by atoms with E-state index < -0.39 is 28.3 Å². The molecule has 6 aromatic rings. The maximum atomic E-state index is 13.8. The Hall–Kier alpha value is -5.46. The number of sulfonamides is 1. The lowest BCUT2D eigenvalue weighted by atomic mass is 9.90. The van der Waals surface area contributed by atoms with Crippen molar-refractivity contribution < 1.29 is 27.8 Å². The Bertz CT molecular complexity index is 2410. The number of benzene rings is 6. The van der Waals surface area contributed by atoms with Crippen LogP contribution in [-0.4, -0.2) is 50.1 Å². The van der Waals surface area contributed by atoms with E-state index in [1.54, 1.807) is 24.3 Å². The molecule has 3 N–H and O–H groups in total. The molecule has 1 fully saturated rings. The van der Waals surface area contributed by atoms with Gasteiger partial charge in [-0.1, -0.05) is 158 Å². The van der Waals surface area contributed by atoms with E-state index in [9.17, 15) is 18.3 Å². The molecule has 0 spiro atoms. The highest BCUT2D eigenvalue weighted by Crippen LogP contribution is 2.42. The van der Waals surface area contributed by atoms with Crippen molar-refractivity contribution in [3.8, 4) is 11.1 Å². The third-order valence-corrected chi connectivity index (χ3v) is 12.6. The van der Waals surface area contributed by atoms with Crippen molar-refractivity contribution in [3.05, 3.63) is 197 Å². The zero-order chi connectivity index (χ0) is 42.1. The Labute approximate surface area is 354 Å². The largest absolute Gasteiger partial charge is 0.392 e. The monoisotopic (exact) mass is 823 g/mol. The van der Waals surface area contributed by atoms with Crippen LogP contribution in [0.4, 0.5) is 0 Å². The van der Waals surface area contributed by atoms with E-state index in [4.69, 9.17) is 9.47 Å². The number of rotatable bonds is 16. The van der Waals surface area contributed by atoms with Crippen LogP contribution in [0, 0.1) is 12.8 Å². The number of aryl methyl sites for hydroxylation is 1. The van der Waals surface area contributed by atoms with Gasteiger partial charge in [-0.25, -0.2) is 8.42 Å². The van der Waals surface area contributed by atoms with Gasteiger partial charge < -0.3 is 19.9 Å². The van der Waals surface area contributed by atoms with E-state index in [1.807, 2.05) is 116 Å². The molecule has 60 heavy (non-hydrogen) atoms. The third-order valence-electron chi connectivity index (χ3n) is 11.1. The molecule has 5 atom stereocenters. The van der Waals surface area contributed by atoms with Gasteiger partial charge in [0.15, 0.2) is 6.29 Å². The van der Waals surface area contributed by atoms with Crippen LogP contribution in [0.15, 0.2) is 163 Å². The van der Waals surface area contributed by atoms with Gasteiger partial charge >= 0.3 is 0 Å². The molecular formula is C50H53N3O6S. The number of carbonyl (C=O) groups excluding carboxylic acids is 1. The number of nitrogens with zero attached hydrogens (tertiary/aromatic N) is 1. The minimum atomic E-state index is -3.98. The first-order chi connectivity index (χ1) is 29.1. The molecule has 0 radical (unpaired) electrons. The predicted octanol–water partition coefficient (Wildman–Crippen LogP) is 8.28. The minimum absolute atomic E-state index is 0.0211. The fourth-order valence-electron chi connectivity index (χ4n) is 7.69. The molecule has 0 aromatic heterocycles. The number of amides is 1.